The molecule has 0 aliphatic carbocycles. The molecule has 2 aliphatic heterocycles. The van der Waals surface area contributed by atoms with E-state index in [4.69, 9.17) is 11.5 Å². The predicted octanol–water partition coefficient (Wildman–Crippen LogP) is -1.88. The molecule has 4 heterocycles. The highest BCUT2D eigenvalue weighted by Gasteiger charge is 2.42. The van der Waals surface area contributed by atoms with E-state index < -0.39 is 102 Å². The maximum atomic E-state index is 14.4. The molecule has 3 aromatic rings. The Labute approximate surface area is 362 Å². The SMILES string of the molecule is CC[C@H](C)[C@H](NC(=O)[C@@H](N)CC(N)=O)C(=O)N1CCC[C@H]1C(=O)N[C@@H](Cc1ccc(O)cc1)C(=O)N[C@@H](Cc1cnc[nH]1)C(=O)N[C@@H](Cc1cnc[nH]1)C(=O)N1CCC[C@H]1C(=O)O. The van der Waals surface area contributed by atoms with Gasteiger partial charge >= 0.3 is 5.97 Å². The van der Waals surface area contributed by atoms with Gasteiger partial charge in [0.15, 0.2) is 0 Å². The van der Waals surface area contributed by atoms with E-state index in [1.807, 2.05) is 6.92 Å². The molecule has 2 saturated heterocycles. The van der Waals surface area contributed by atoms with Crippen LogP contribution in [-0.2, 0) is 57.6 Å². The number of carboxylic acids is 1. The van der Waals surface area contributed by atoms with E-state index in [-0.39, 0.29) is 50.9 Å². The molecule has 1 aromatic carbocycles. The van der Waals surface area contributed by atoms with E-state index in [1.165, 1.54) is 47.0 Å². The van der Waals surface area contributed by atoms with Crippen molar-refractivity contribution >= 4 is 47.3 Å². The number of rotatable bonds is 21. The molecule has 0 bridgehead atoms. The molecule has 5 rings (SSSR count). The number of imidazole rings is 2. The summed E-state index contributed by atoms with van der Waals surface area (Å²) in [5.74, 6) is -6.64. The zero-order chi connectivity index (χ0) is 45.8. The molecule has 22 nitrogen and oxygen atoms in total. The van der Waals surface area contributed by atoms with Crippen molar-refractivity contribution < 1.29 is 48.6 Å². The van der Waals surface area contributed by atoms with Crippen LogP contribution in [0.25, 0.3) is 0 Å². The van der Waals surface area contributed by atoms with Crippen molar-refractivity contribution in [2.75, 3.05) is 13.1 Å². The number of H-pyrrole nitrogens is 2. The quantitative estimate of drug-likeness (QED) is 0.0561. The number of aliphatic carboxylic acids is 1. The van der Waals surface area contributed by atoms with Crippen molar-refractivity contribution in [1.82, 2.24) is 51.0 Å². The predicted molar refractivity (Wildman–Crippen MR) is 222 cm³/mol. The second kappa shape index (κ2) is 21.8. The van der Waals surface area contributed by atoms with Crippen LogP contribution in [0.4, 0.5) is 0 Å². The summed E-state index contributed by atoms with van der Waals surface area (Å²) in [6, 6.07) is -2.60. The Morgan fingerprint density at radius 1 is 0.762 bits per heavy atom. The van der Waals surface area contributed by atoms with Gasteiger partial charge in [0.25, 0.3) is 0 Å². The zero-order valence-corrected chi connectivity index (χ0v) is 35.1. The maximum absolute atomic E-state index is 14.4. The van der Waals surface area contributed by atoms with E-state index in [0.29, 0.717) is 36.2 Å². The number of phenols is 1. The standard InChI is InChI=1S/C41H56N12O10/c1-3-22(2)34(51-35(56)27(42)17-33(43)55)40(61)52-12-4-6-31(52)38(59)49-28(14-23-8-10-26(54)11-9-23)36(57)48-29(15-24-18-44-20-46-24)37(58)50-30(16-25-19-45-21-47-25)39(60)53-13-5-7-32(53)41(62)63/h8-11,18-22,27-32,34,54H,3-7,12-17,42H2,1-2H3,(H2,43,55)(H,44,46)(H,45,47)(H,48,57)(H,49,59)(H,50,58)(H,51,56)(H,62,63)/t22-,27-,28-,29-,30-,31-,32-,34-/m0/s1. The van der Waals surface area contributed by atoms with Gasteiger partial charge in [0.1, 0.15) is 42.0 Å². The molecule has 0 spiro atoms. The molecular formula is C41H56N12O10. The molecule has 22 heteroatoms. The maximum Gasteiger partial charge on any atom is 0.326 e. The van der Waals surface area contributed by atoms with Crippen molar-refractivity contribution in [1.29, 1.82) is 0 Å². The fourth-order valence-corrected chi connectivity index (χ4v) is 7.75. The number of aromatic nitrogens is 4. The second-order valence-electron chi connectivity index (χ2n) is 16.0. The van der Waals surface area contributed by atoms with E-state index >= 15 is 0 Å². The van der Waals surface area contributed by atoms with Crippen LogP contribution in [0.2, 0.25) is 0 Å². The Hall–Kier alpha value is -6.84. The molecule has 2 fully saturated rings. The largest absolute Gasteiger partial charge is 0.508 e. The van der Waals surface area contributed by atoms with Gasteiger partial charge < -0.3 is 62.7 Å². The zero-order valence-electron chi connectivity index (χ0n) is 35.1. The van der Waals surface area contributed by atoms with Gasteiger partial charge in [0, 0.05) is 56.1 Å². The monoisotopic (exact) mass is 876 g/mol. The molecule has 0 unspecified atom stereocenters. The highest BCUT2D eigenvalue weighted by atomic mass is 16.4. The molecular weight excluding hydrogens is 821 g/mol. The van der Waals surface area contributed by atoms with Crippen LogP contribution in [0.1, 0.15) is 69.3 Å². The Balaban J connectivity index is 1.39. The number of likely N-dealkylation sites (tertiary alicyclic amines) is 2. The number of amides is 7. The Bertz CT molecular complexity index is 2080. The Kier molecular flexibility index (Phi) is 16.3. The lowest BCUT2D eigenvalue weighted by molar-refractivity contribution is -0.149. The first-order valence-corrected chi connectivity index (χ1v) is 20.9. The number of carbonyl (C=O) groups is 8. The lowest BCUT2D eigenvalue weighted by Crippen LogP contribution is -2.61. The summed E-state index contributed by atoms with van der Waals surface area (Å²) in [5, 5.41) is 30.6. The normalized spacial score (nSPS) is 18.9. The molecule has 12 N–H and O–H groups in total. The van der Waals surface area contributed by atoms with Gasteiger partial charge in [-0.15, -0.1) is 0 Å². The lowest BCUT2D eigenvalue weighted by atomic mass is 9.96. The van der Waals surface area contributed by atoms with Gasteiger partial charge in [-0.3, -0.25) is 33.6 Å². The molecule has 2 aromatic heterocycles. The number of hydrogen-bond acceptors (Lipinski definition) is 12. The number of aromatic amines is 2. The number of primary amides is 1. The van der Waals surface area contributed by atoms with Gasteiger partial charge in [-0.2, -0.15) is 0 Å². The summed E-state index contributed by atoms with van der Waals surface area (Å²) in [6.45, 7) is 3.90. The summed E-state index contributed by atoms with van der Waals surface area (Å²) in [6.07, 6.45) is 6.74. The highest BCUT2D eigenvalue weighted by Crippen LogP contribution is 2.23. The molecule has 340 valence electrons. The first-order chi connectivity index (χ1) is 30.1. The van der Waals surface area contributed by atoms with Crippen LogP contribution in [0.3, 0.4) is 0 Å². The summed E-state index contributed by atoms with van der Waals surface area (Å²) in [7, 11) is 0. The van der Waals surface area contributed by atoms with Gasteiger partial charge in [0.2, 0.25) is 41.4 Å². The Morgan fingerprint density at radius 3 is 1.84 bits per heavy atom. The highest BCUT2D eigenvalue weighted by molar-refractivity contribution is 5.98. The lowest BCUT2D eigenvalue weighted by Gasteiger charge is -2.32. The fraction of sp³-hybridized carbons (Fsp3) is 0.512. The average molecular weight is 877 g/mol. The van der Waals surface area contributed by atoms with Crippen LogP contribution in [0.15, 0.2) is 49.3 Å². The third-order valence-corrected chi connectivity index (χ3v) is 11.4. The molecule has 8 atom stereocenters. The van der Waals surface area contributed by atoms with Gasteiger partial charge in [-0.25, -0.2) is 14.8 Å². The van der Waals surface area contributed by atoms with E-state index in [9.17, 15) is 48.6 Å². The van der Waals surface area contributed by atoms with Crippen LogP contribution in [-0.4, -0.2) is 143 Å². The number of phenolic OH excluding ortho intramolecular Hbond substituents is 1. The number of nitrogens with zero attached hydrogens (tertiary/aromatic N) is 4. The molecule has 2 aliphatic rings. The number of carbonyl (C=O) groups excluding carboxylic acids is 7. The Morgan fingerprint density at radius 2 is 1.30 bits per heavy atom. The van der Waals surface area contributed by atoms with Crippen LogP contribution < -0.4 is 32.7 Å². The van der Waals surface area contributed by atoms with Crippen LogP contribution in [0.5, 0.6) is 5.75 Å². The van der Waals surface area contributed by atoms with E-state index in [1.54, 1.807) is 19.1 Å². The minimum atomic E-state index is -1.37. The summed E-state index contributed by atoms with van der Waals surface area (Å²) in [4.78, 5) is 124. The van der Waals surface area contributed by atoms with Gasteiger partial charge in [-0.1, -0.05) is 32.4 Å². The molecule has 63 heavy (non-hydrogen) atoms. The van der Waals surface area contributed by atoms with Crippen molar-refractivity contribution in [3.05, 3.63) is 66.3 Å². The third kappa shape index (κ3) is 12.6. The van der Waals surface area contributed by atoms with Crippen LogP contribution in [0, 0.1) is 5.92 Å². The summed E-state index contributed by atoms with van der Waals surface area (Å²) in [5.41, 5.74) is 12.5. The first-order valence-electron chi connectivity index (χ1n) is 20.9. The van der Waals surface area contributed by atoms with Gasteiger partial charge in [0.05, 0.1) is 25.1 Å². The van der Waals surface area contributed by atoms with E-state index in [0.717, 1.165) is 0 Å². The number of nitrogens with one attached hydrogen (secondary N) is 6. The first kappa shape index (κ1) is 47.2. The van der Waals surface area contributed by atoms with Crippen molar-refractivity contribution in [2.45, 2.75) is 114 Å². The topological polar surface area (TPSA) is 341 Å². The second-order valence-corrected chi connectivity index (χ2v) is 16.0. The number of benzene rings is 1. The molecule has 0 radical (unpaired) electrons. The van der Waals surface area contributed by atoms with Gasteiger partial charge in [-0.05, 0) is 49.3 Å². The van der Waals surface area contributed by atoms with Crippen LogP contribution >= 0.6 is 0 Å². The average Bonchev–Trinajstić information content (AvgIpc) is 4.10. The van der Waals surface area contributed by atoms with Crippen molar-refractivity contribution in [2.24, 2.45) is 17.4 Å². The molecule has 0 saturated carbocycles. The number of carboxylic acid groups (broad SMARTS) is 1. The number of hydrogen-bond donors (Lipinski definition) is 10. The number of aromatic hydroxyl groups is 1. The summed E-state index contributed by atoms with van der Waals surface area (Å²) < 4.78 is 0. The number of nitrogens with two attached hydrogens (primary N) is 2. The fourth-order valence-electron chi connectivity index (χ4n) is 7.75. The van der Waals surface area contributed by atoms with Crippen molar-refractivity contribution in [3.8, 4) is 5.75 Å². The smallest absolute Gasteiger partial charge is 0.326 e. The third-order valence-electron chi connectivity index (χ3n) is 11.4. The summed E-state index contributed by atoms with van der Waals surface area (Å²) >= 11 is 0. The minimum Gasteiger partial charge on any atom is -0.508 e. The minimum absolute atomic E-state index is 0.0402. The molecule has 7 amide bonds. The van der Waals surface area contributed by atoms with E-state index in [2.05, 4.69) is 41.2 Å². The van der Waals surface area contributed by atoms with Crippen molar-refractivity contribution in [3.63, 3.8) is 0 Å².